The Morgan fingerprint density at radius 2 is 1.65 bits per heavy atom. The summed E-state index contributed by atoms with van der Waals surface area (Å²) in [7, 11) is -3.93. The highest BCUT2D eigenvalue weighted by molar-refractivity contribution is 7.92. The van der Waals surface area contributed by atoms with Crippen LogP contribution in [-0.4, -0.2) is 33.8 Å². The summed E-state index contributed by atoms with van der Waals surface area (Å²) >= 11 is 0. The van der Waals surface area contributed by atoms with Crippen LogP contribution in [-0.2, 0) is 16.6 Å². The number of amides is 1. The van der Waals surface area contributed by atoms with Crippen LogP contribution in [0.5, 0.6) is 0 Å². The van der Waals surface area contributed by atoms with E-state index in [1.807, 2.05) is 31.2 Å². The zero-order chi connectivity index (χ0) is 28.4. The van der Waals surface area contributed by atoms with E-state index in [1.54, 1.807) is 32.2 Å². The predicted molar refractivity (Wildman–Crippen MR) is 153 cm³/mol. The zero-order valence-corrected chi connectivity index (χ0v) is 22.9. The molecule has 0 saturated carbocycles. The van der Waals surface area contributed by atoms with Crippen molar-refractivity contribution in [2.24, 2.45) is 0 Å². The fourth-order valence-corrected chi connectivity index (χ4v) is 5.27. The van der Waals surface area contributed by atoms with Crippen LogP contribution in [0.3, 0.4) is 0 Å². The Balaban J connectivity index is 1.40. The van der Waals surface area contributed by atoms with Crippen molar-refractivity contribution in [3.05, 3.63) is 118 Å². The van der Waals surface area contributed by atoms with Gasteiger partial charge in [-0.1, -0.05) is 29.8 Å². The topological polar surface area (TPSA) is 136 Å². The molecule has 202 valence electrons. The average Bonchev–Trinajstić information content (AvgIpc) is 2.90. The molecule has 0 aliphatic carbocycles. The molecule has 0 saturated heterocycles. The van der Waals surface area contributed by atoms with Crippen molar-refractivity contribution in [2.75, 3.05) is 10.0 Å². The van der Waals surface area contributed by atoms with Crippen molar-refractivity contribution in [1.82, 2.24) is 19.5 Å². The first kappa shape index (κ1) is 26.7. The molecule has 0 aliphatic rings. The SMILES string of the molecule is Cc1ccc(Cn2c(=O)c(C(=O)Nc3ccc(S(=O)(=O)Nc4cc(C)nc(C)n4)cc3)cc3cccnc32)cc1. The Labute approximate surface area is 230 Å². The molecule has 0 unspecified atom stereocenters. The van der Waals surface area contributed by atoms with E-state index in [4.69, 9.17) is 0 Å². The molecule has 0 atom stereocenters. The number of nitrogens with zero attached hydrogens (tertiary/aromatic N) is 4. The molecule has 3 heterocycles. The van der Waals surface area contributed by atoms with Crippen LogP contribution in [0.1, 0.15) is 33.0 Å². The van der Waals surface area contributed by atoms with E-state index >= 15 is 0 Å². The average molecular weight is 555 g/mol. The molecule has 2 N–H and O–H groups in total. The van der Waals surface area contributed by atoms with Crippen molar-refractivity contribution in [3.8, 4) is 0 Å². The van der Waals surface area contributed by atoms with Gasteiger partial charge in [0.05, 0.1) is 11.4 Å². The largest absolute Gasteiger partial charge is 0.322 e. The number of hydrogen-bond acceptors (Lipinski definition) is 7. The van der Waals surface area contributed by atoms with Gasteiger partial charge in [-0.3, -0.25) is 18.9 Å². The molecule has 40 heavy (non-hydrogen) atoms. The van der Waals surface area contributed by atoms with Crippen LogP contribution in [0.4, 0.5) is 11.5 Å². The van der Waals surface area contributed by atoms with Gasteiger partial charge in [0.25, 0.3) is 21.5 Å². The highest BCUT2D eigenvalue weighted by Crippen LogP contribution is 2.19. The van der Waals surface area contributed by atoms with Crippen molar-refractivity contribution in [1.29, 1.82) is 0 Å². The number of aryl methyl sites for hydroxylation is 3. The lowest BCUT2D eigenvalue weighted by Crippen LogP contribution is -2.30. The lowest BCUT2D eigenvalue weighted by Gasteiger charge is -2.13. The number of aromatic nitrogens is 4. The number of fused-ring (bicyclic) bond motifs is 1. The van der Waals surface area contributed by atoms with E-state index in [0.29, 0.717) is 28.2 Å². The number of anilines is 2. The molecule has 3 aromatic heterocycles. The smallest absolute Gasteiger partial charge is 0.265 e. The molecule has 0 spiro atoms. The molecular weight excluding hydrogens is 528 g/mol. The Morgan fingerprint density at radius 1 is 0.925 bits per heavy atom. The van der Waals surface area contributed by atoms with E-state index in [2.05, 4.69) is 25.0 Å². The van der Waals surface area contributed by atoms with Gasteiger partial charge in [-0.2, -0.15) is 0 Å². The minimum Gasteiger partial charge on any atom is -0.322 e. The third-order valence-corrected chi connectivity index (χ3v) is 7.55. The normalized spacial score (nSPS) is 11.4. The predicted octanol–water partition coefficient (Wildman–Crippen LogP) is 4.21. The molecule has 5 aromatic rings. The summed E-state index contributed by atoms with van der Waals surface area (Å²) in [5.41, 5.74) is 2.89. The highest BCUT2D eigenvalue weighted by atomic mass is 32.2. The van der Waals surface area contributed by atoms with E-state index in [1.165, 1.54) is 41.0 Å². The quantitative estimate of drug-likeness (QED) is 0.308. The molecular formula is C29H26N6O4S. The molecule has 5 rings (SSSR count). The molecule has 0 fully saturated rings. The van der Waals surface area contributed by atoms with E-state index in [0.717, 1.165) is 11.1 Å². The minimum absolute atomic E-state index is 0.0170. The summed E-state index contributed by atoms with van der Waals surface area (Å²) in [6.07, 6.45) is 1.60. The number of benzene rings is 2. The molecule has 0 bridgehead atoms. The highest BCUT2D eigenvalue weighted by Gasteiger charge is 2.19. The fourth-order valence-electron chi connectivity index (χ4n) is 4.27. The second-order valence-corrected chi connectivity index (χ2v) is 11.1. The molecule has 0 radical (unpaired) electrons. The van der Waals surface area contributed by atoms with Crippen LogP contribution in [0.15, 0.2) is 88.7 Å². The Bertz CT molecular complexity index is 1880. The maximum atomic E-state index is 13.5. The number of sulfonamides is 1. The first-order valence-corrected chi connectivity index (χ1v) is 13.9. The summed E-state index contributed by atoms with van der Waals surface area (Å²) in [5, 5.41) is 3.34. The number of pyridine rings is 2. The van der Waals surface area contributed by atoms with E-state index in [-0.39, 0.29) is 22.8 Å². The van der Waals surface area contributed by atoms with Gasteiger partial charge < -0.3 is 5.32 Å². The summed E-state index contributed by atoms with van der Waals surface area (Å²) in [4.78, 5) is 39.3. The maximum Gasteiger partial charge on any atom is 0.265 e. The van der Waals surface area contributed by atoms with Crippen LogP contribution in [0.25, 0.3) is 11.0 Å². The molecule has 11 heteroatoms. The summed E-state index contributed by atoms with van der Waals surface area (Å²) in [5.74, 6) is -0.0117. The van der Waals surface area contributed by atoms with E-state index in [9.17, 15) is 18.0 Å². The molecule has 2 aromatic carbocycles. The van der Waals surface area contributed by atoms with E-state index < -0.39 is 21.5 Å². The lowest BCUT2D eigenvalue weighted by atomic mass is 10.1. The summed E-state index contributed by atoms with van der Waals surface area (Å²) in [6.45, 7) is 5.65. The zero-order valence-electron chi connectivity index (χ0n) is 22.0. The number of carbonyl (C=O) groups is 1. The Morgan fingerprint density at radius 3 is 2.35 bits per heavy atom. The number of carbonyl (C=O) groups excluding carboxylic acids is 1. The van der Waals surface area contributed by atoms with Gasteiger partial charge in [0.2, 0.25) is 0 Å². The Hall–Kier alpha value is -4.90. The van der Waals surface area contributed by atoms with Crippen LogP contribution in [0, 0.1) is 20.8 Å². The lowest BCUT2D eigenvalue weighted by molar-refractivity contribution is 0.102. The van der Waals surface area contributed by atoms with Crippen molar-refractivity contribution >= 4 is 38.5 Å². The first-order valence-electron chi connectivity index (χ1n) is 12.4. The Kier molecular flexibility index (Phi) is 7.14. The van der Waals surface area contributed by atoms with Gasteiger partial charge in [0.15, 0.2) is 0 Å². The van der Waals surface area contributed by atoms with Crippen LogP contribution in [0.2, 0.25) is 0 Å². The van der Waals surface area contributed by atoms with Gasteiger partial charge in [0, 0.05) is 29.0 Å². The minimum atomic E-state index is -3.93. The van der Waals surface area contributed by atoms with Crippen molar-refractivity contribution in [2.45, 2.75) is 32.2 Å². The van der Waals surface area contributed by atoms with Crippen LogP contribution >= 0.6 is 0 Å². The van der Waals surface area contributed by atoms with Gasteiger partial charge in [-0.15, -0.1) is 0 Å². The first-order chi connectivity index (χ1) is 19.1. The number of rotatable bonds is 7. The van der Waals surface area contributed by atoms with Crippen molar-refractivity contribution in [3.63, 3.8) is 0 Å². The monoisotopic (exact) mass is 554 g/mol. The summed E-state index contributed by atoms with van der Waals surface area (Å²) in [6, 6.07) is 20.0. The maximum absolute atomic E-state index is 13.5. The third kappa shape index (κ3) is 5.74. The number of nitrogens with one attached hydrogen (secondary N) is 2. The third-order valence-electron chi connectivity index (χ3n) is 6.18. The van der Waals surface area contributed by atoms with Gasteiger partial charge in [-0.25, -0.2) is 23.4 Å². The second-order valence-electron chi connectivity index (χ2n) is 9.38. The standard InChI is InChI=1S/C29H26N6O4S/c1-18-6-8-21(9-7-18)17-35-27-22(5-4-14-30-27)16-25(29(35)37)28(36)33-23-10-12-24(13-11-23)40(38,39)34-26-15-19(2)31-20(3)32-26/h4-16H,17H2,1-3H3,(H,33,36)(H,31,32,34). The van der Waals surface area contributed by atoms with Gasteiger partial charge in [0.1, 0.15) is 22.9 Å². The van der Waals surface area contributed by atoms with Crippen LogP contribution < -0.4 is 15.6 Å². The summed E-state index contributed by atoms with van der Waals surface area (Å²) < 4.78 is 29.6. The second kappa shape index (κ2) is 10.7. The number of hydrogen-bond donors (Lipinski definition) is 2. The van der Waals surface area contributed by atoms with Crippen molar-refractivity contribution < 1.29 is 13.2 Å². The molecule has 1 amide bonds. The van der Waals surface area contributed by atoms with Gasteiger partial charge >= 0.3 is 0 Å². The fraction of sp³-hybridized carbons (Fsp3) is 0.138. The molecule has 0 aliphatic heterocycles. The molecule has 10 nitrogen and oxygen atoms in total. The van der Waals surface area contributed by atoms with Gasteiger partial charge in [-0.05, 0) is 68.8 Å².